The summed E-state index contributed by atoms with van der Waals surface area (Å²) in [5.41, 5.74) is 1.42. The molecule has 0 saturated heterocycles. The largest absolute Gasteiger partial charge is 0.494 e. The number of ether oxygens (including phenoxy) is 1. The molecule has 2 rings (SSSR count). The second-order valence-corrected chi connectivity index (χ2v) is 5.68. The molecule has 0 aliphatic heterocycles. The number of benzene rings is 1. The normalized spacial score (nSPS) is 17.0. The summed E-state index contributed by atoms with van der Waals surface area (Å²) in [7, 11) is 1.50. The lowest BCUT2D eigenvalue weighted by Crippen LogP contribution is -2.41. The highest BCUT2D eigenvalue weighted by Gasteiger charge is 2.36. The Morgan fingerprint density at radius 3 is 2.68 bits per heavy atom. The molecule has 1 aliphatic rings. The SMILES string of the molecule is CCCNCC1(Cc2ccc(OC)c(F)c2)CCC1. The number of hydrogen-bond acceptors (Lipinski definition) is 2. The fourth-order valence-electron chi connectivity index (χ4n) is 2.88. The molecule has 0 heterocycles. The quantitative estimate of drug-likeness (QED) is 0.761. The molecule has 1 N–H and O–H groups in total. The average Bonchev–Trinajstić information content (AvgIpc) is 2.36. The van der Waals surface area contributed by atoms with Crippen LogP contribution in [0.1, 0.15) is 38.2 Å². The van der Waals surface area contributed by atoms with Crippen molar-refractivity contribution >= 4 is 0 Å². The first kappa shape index (κ1) is 14.3. The lowest BCUT2D eigenvalue weighted by Gasteiger charge is -2.42. The molecule has 0 radical (unpaired) electrons. The Morgan fingerprint density at radius 1 is 1.37 bits per heavy atom. The van der Waals surface area contributed by atoms with Gasteiger partial charge in [0, 0.05) is 6.54 Å². The van der Waals surface area contributed by atoms with E-state index in [1.807, 2.05) is 6.07 Å². The third kappa shape index (κ3) is 3.47. The summed E-state index contributed by atoms with van der Waals surface area (Å²) < 4.78 is 18.7. The van der Waals surface area contributed by atoms with Gasteiger partial charge in [-0.2, -0.15) is 0 Å². The Morgan fingerprint density at radius 2 is 2.16 bits per heavy atom. The topological polar surface area (TPSA) is 21.3 Å². The van der Waals surface area contributed by atoms with Crippen molar-refractivity contribution in [2.45, 2.75) is 39.0 Å². The third-order valence-corrected chi connectivity index (χ3v) is 4.14. The number of hydrogen-bond donors (Lipinski definition) is 1. The van der Waals surface area contributed by atoms with Crippen LogP contribution in [0, 0.1) is 11.2 Å². The molecule has 0 bridgehead atoms. The van der Waals surface area contributed by atoms with Crippen molar-refractivity contribution in [3.63, 3.8) is 0 Å². The van der Waals surface area contributed by atoms with E-state index in [0.29, 0.717) is 11.2 Å². The van der Waals surface area contributed by atoms with Crippen LogP contribution in [0.2, 0.25) is 0 Å². The summed E-state index contributed by atoms with van der Waals surface area (Å²) in [6.45, 7) is 4.30. The van der Waals surface area contributed by atoms with Crippen molar-refractivity contribution in [3.05, 3.63) is 29.6 Å². The molecule has 1 aliphatic carbocycles. The average molecular weight is 265 g/mol. The maximum atomic E-state index is 13.7. The summed E-state index contributed by atoms with van der Waals surface area (Å²) in [6, 6.07) is 5.34. The van der Waals surface area contributed by atoms with Crippen molar-refractivity contribution in [2.24, 2.45) is 5.41 Å². The minimum absolute atomic E-state index is 0.254. The van der Waals surface area contributed by atoms with Gasteiger partial charge in [-0.05, 0) is 55.3 Å². The minimum Gasteiger partial charge on any atom is -0.494 e. The molecule has 0 unspecified atom stereocenters. The van der Waals surface area contributed by atoms with Gasteiger partial charge in [-0.1, -0.05) is 19.4 Å². The molecule has 0 amide bonds. The van der Waals surface area contributed by atoms with E-state index >= 15 is 0 Å². The van der Waals surface area contributed by atoms with Crippen molar-refractivity contribution < 1.29 is 9.13 Å². The molecular weight excluding hydrogens is 241 g/mol. The first-order valence-electron chi connectivity index (χ1n) is 7.22. The van der Waals surface area contributed by atoms with Gasteiger partial charge in [0.25, 0.3) is 0 Å². The lowest BCUT2D eigenvalue weighted by atomic mass is 9.65. The Kier molecular flexibility index (Phi) is 4.81. The first-order chi connectivity index (χ1) is 9.19. The van der Waals surface area contributed by atoms with Crippen LogP contribution in [0.25, 0.3) is 0 Å². The number of nitrogens with one attached hydrogen (secondary N) is 1. The third-order valence-electron chi connectivity index (χ3n) is 4.14. The zero-order valence-electron chi connectivity index (χ0n) is 12.0. The molecule has 2 nitrogen and oxygen atoms in total. The smallest absolute Gasteiger partial charge is 0.165 e. The molecule has 0 atom stereocenters. The van der Waals surface area contributed by atoms with E-state index in [2.05, 4.69) is 12.2 Å². The molecule has 0 aromatic heterocycles. The summed E-state index contributed by atoms with van der Waals surface area (Å²) >= 11 is 0. The maximum Gasteiger partial charge on any atom is 0.165 e. The monoisotopic (exact) mass is 265 g/mol. The zero-order chi connectivity index (χ0) is 13.7. The van der Waals surface area contributed by atoms with E-state index in [9.17, 15) is 4.39 Å². The van der Waals surface area contributed by atoms with Crippen LogP contribution in [0.3, 0.4) is 0 Å². The van der Waals surface area contributed by atoms with Gasteiger partial charge in [0.1, 0.15) is 0 Å². The Labute approximate surface area is 115 Å². The lowest BCUT2D eigenvalue weighted by molar-refractivity contribution is 0.130. The summed E-state index contributed by atoms with van der Waals surface area (Å²) in [6.07, 6.45) is 5.92. The second kappa shape index (κ2) is 6.38. The highest BCUT2D eigenvalue weighted by molar-refractivity contribution is 5.30. The number of methoxy groups -OCH3 is 1. The molecule has 1 aromatic rings. The Bertz CT molecular complexity index is 415. The second-order valence-electron chi connectivity index (χ2n) is 5.68. The van der Waals surface area contributed by atoms with Gasteiger partial charge in [0.05, 0.1) is 7.11 Å². The van der Waals surface area contributed by atoms with E-state index in [-0.39, 0.29) is 5.82 Å². The summed E-state index contributed by atoms with van der Waals surface area (Å²) in [5, 5.41) is 3.52. The van der Waals surface area contributed by atoms with Crippen molar-refractivity contribution in [1.29, 1.82) is 0 Å². The highest BCUT2D eigenvalue weighted by Crippen LogP contribution is 2.43. The van der Waals surface area contributed by atoms with Gasteiger partial charge in [-0.15, -0.1) is 0 Å². The molecule has 3 heteroatoms. The van der Waals surface area contributed by atoms with Gasteiger partial charge in [0.15, 0.2) is 11.6 Å². The van der Waals surface area contributed by atoms with E-state index in [0.717, 1.165) is 31.5 Å². The number of halogens is 1. The summed E-state index contributed by atoms with van der Waals surface area (Å²) in [5.74, 6) is 0.0755. The Balaban J connectivity index is 1.99. The highest BCUT2D eigenvalue weighted by atomic mass is 19.1. The van der Waals surface area contributed by atoms with Crippen molar-refractivity contribution in [1.82, 2.24) is 5.32 Å². The predicted octanol–water partition coefficient (Wildman–Crippen LogP) is 3.55. The van der Waals surface area contributed by atoms with Gasteiger partial charge >= 0.3 is 0 Å². The van der Waals surface area contributed by atoms with E-state index < -0.39 is 0 Å². The minimum atomic E-state index is -0.254. The number of rotatable bonds is 7. The van der Waals surface area contributed by atoms with Gasteiger partial charge in [0.2, 0.25) is 0 Å². The predicted molar refractivity (Wildman–Crippen MR) is 76.1 cm³/mol. The van der Waals surface area contributed by atoms with Gasteiger partial charge in [-0.3, -0.25) is 0 Å². The van der Waals surface area contributed by atoms with E-state index in [4.69, 9.17) is 4.74 Å². The molecule has 106 valence electrons. The Hall–Kier alpha value is -1.09. The molecule has 1 saturated carbocycles. The fourth-order valence-corrected chi connectivity index (χ4v) is 2.88. The van der Waals surface area contributed by atoms with E-state index in [1.165, 1.54) is 26.4 Å². The van der Waals surface area contributed by atoms with Crippen LogP contribution in [0.4, 0.5) is 4.39 Å². The van der Waals surface area contributed by atoms with Crippen LogP contribution in [-0.2, 0) is 6.42 Å². The molecule has 1 fully saturated rings. The zero-order valence-corrected chi connectivity index (χ0v) is 12.0. The molecule has 1 aromatic carbocycles. The van der Waals surface area contributed by atoms with Crippen LogP contribution in [0.15, 0.2) is 18.2 Å². The maximum absolute atomic E-state index is 13.7. The van der Waals surface area contributed by atoms with E-state index in [1.54, 1.807) is 12.1 Å². The first-order valence-corrected chi connectivity index (χ1v) is 7.22. The van der Waals surface area contributed by atoms with Crippen LogP contribution in [-0.4, -0.2) is 20.2 Å². The molecule has 19 heavy (non-hydrogen) atoms. The molecular formula is C16H24FNO. The van der Waals surface area contributed by atoms with Crippen LogP contribution >= 0.6 is 0 Å². The van der Waals surface area contributed by atoms with Crippen molar-refractivity contribution in [3.8, 4) is 5.75 Å². The fraction of sp³-hybridized carbons (Fsp3) is 0.625. The van der Waals surface area contributed by atoms with Gasteiger partial charge < -0.3 is 10.1 Å². The summed E-state index contributed by atoms with van der Waals surface area (Å²) in [4.78, 5) is 0. The van der Waals surface area contributed by atoms with Crippen LogP contribution < -0.4 is 10.1 Å². The standard InChI is InChI=1S/C16H24FNO/c1-3-9-18-12-16(7-4-8-16)11-13-5-6-15(19-2)14(17)10-13/h5-6,10,18H,3-4,7-9,11-12H2,1-2H3. The van der Waals surface area contributed by atoms with Crippen molar-refractivity contribution in [2.75, 3.05) is 20.2 Å². The van der Waals surface area contributed by atoms with Crippen LogP contribution in [0.5, 0.6) is 5.75 Å². The van der Waals surface area contributed by atoms with Gasteiger partial charge in [-0.25, -0.2) is 4.39 Å². The molecule has 0 spiro atoms.